The zero-order valence-corrected chi connectivity index (χ0v) is 20.9. The van der Waals surface area contributed by atoms with Gasteiger partial charge in [0.2, 0.25) is 5.91 Å². The third-order valence-corrected chi connectivity index (χ3v) is 6.38. The molecule has 9 nitrogen and oxygen atoms in total. The van der Waals surface area contributed by atoms with E-state index in [4.69, 9.17) is 9.47 Å². The van der Waals surface area contributed by atoms with Gasteiger partial charge in [-0.05, 0) is 44.0 Å². The Morgan fingerprint density at radius 2 is 1.75 bits per heavy atom. The van der Waals surface area contributed by atoms with Crippen LogP contribution in [0.3, 0.4) is 0 Å². The van der Waals surface area contributed by atoms with E-state index in [2.05, 4.69) is 10.3 Å². The fraction of sp³-hybridized carbons (Fsp3) is 0.333. The van der Waals surface area contributed by atoms with Crippen molar-refractivity contribution < 1.29 is 23.9 Å². The van der Waals surface area contributed by atoms with Crippen LogP contribution in [0.2, 0.25) is 0 Å². The summed E-state index contributed by atoms with van der Waals surface area (Å²) in [6.45, 7) is 6.79. The normalized spacial score (nSPS) is 16.9. The second kappa shape index (κ2) is 10.2. The Morgan fingerprint density at radius 1 is 1.08 bits per heavy atom. The number of imidazole rings is 1. The lowest BCUT2D eigenvalue weighted by Crippen LogP contribution is -2.63. The highest BCUT2D eigenvalue weighted by atomic mass is 16.5. The zero-order chi connectivity index (χ0) is 25.9. The van der Waals surface area contributed by atoms with Crippen molar-refractivity contribution in [3.63, 3.8) is 0 Å². The molecule has 36 heavy (non-hydrogen) atoms. The summed E-state index contributed by atoms with van der Waals surface area (Å²) < 4.78 is 11.9. The summed E-state index contributed by atoms with van der Waals surface area (Å²) in [5.74, 6) is -0.760. The second-order valence-corrected chi connectivity index (χ2v) is 8.97. The third kappa shape index (κ3) is 4.82. The molecule has 0 saturated heterocycles. The van der Waals surface area contributed by atoms with Gasteiger partial charge >= 0.3 is 5.97 Å². The van der Waals surface area contributed by atoms with Crippen molar-refractivity contribution in [1.29, 1.82) is 0 Å². The molecule has 9 heteroatoms. The first-order chi connectivity index (χ1) is 17.3. The number of aromatic nitrogens is 2. The van der Waals surface area contributed by atoms with Crippen LogP contribution in [0.4, 0.5) is 0 Å². The first kappa shape index (κ1) is 25.0. The van der Waals surface area contributed by atoms with Gasteiger partial charge in [-0.25, -0.2) is 9.78 Å². The number of carbonyl (C=O) groups is 3. The third-order valence-electron chi connectivity index (χ3n) is 6.38. The Bertz CT molecular complexity index is 1270. The smallest absolute Gasteiger partial charge is 0.359 e. The number of ether oxygens (including phenoxy) is 2. The Morgan fingerprint density at radius 3 is 2.39 bits per heavy atom. The van der Waals surface area contributed by atoms with Gasteiger partial charge in [-0.2, -0.15) is 0 Å². The van der Waals surface area contributed by atoms with E-state index >= 15 is 0 Å². The summed E-state index contributed by atoms with van der Waals surface area (Å²) in [7, 11) is 1.24. The molecular formula is C27H30N4O5. The van der Waals surface area contributed by atoms with Gasteiger partial charge in [-0.1, -0.05) is 42.0 Å². The summed E-state index contributed by atoms with van der Waals surface area (Å²) in [6, 6.07) is 15.2. The number of nitrogens with zero attached hydrogens (tertiary/aromatic N) is 3. The molecule has 1 unspecified atom stereocenters. The van der Waals surface area contributed by atoms with E-state index in [-0.39, 0.29) is 30.4 Å². The highest BCUT2D eigenvalue weighted by Gasteiger charge is 2.48. The number of amides is 2. The van der Waals surface area contributed by atoms with Crippen LogP contribution in [-0.4, -0.2) is 51.5 Å². The first-order valence-electron chi connectivity index (χ1n) is 11.8. The van der Waals surface area contributed by atoms with Crippen molar-refractivity contribution in [2.45, 2.75) is 45.9 Å². The van der Waals surface area contributed by atoms with Crippen LogP contribution in [0, 0.1) is 6.92 Å². The minimum absolute atomic E-state index is 0.0682. The molecule has 3 aromatic rings. The molecule has 0 bridgehead atoms. The molecule has 0 aliphatic carbocycles. The van der Waals surface area contributed by atoms with E-state index in [1.54, 1.807) is 11.5 Å². The van der Waals surface area contributed by atoms with Gasteiger partial charge in [0.25, 0.3) is 5.91 Å². The summed E-state index contributed by atoms with van der Waals surface area (Å²) in [5, 5.41) is 2.98. The number of hydrogen-bond donors (Lipinski definition) is 1. The summed E-state index contributed by atoms with van der Waals surface area (Å²) in [5.41, 5.74) is 1.70. The van der Waals surface area contributed by atoms with Crippen LogP contribution >= 0.6 is 0 Å². The maximum Gasteiger partial charge on any atom is 0.359 e. The number of nitrogens with one attached hydrogen (secondary N) is 1. The van der Waals surface area contributed by atoms with E-state index in [1.807, 2.05) is 62.4 Å². The highest BCUT2D eigenvalue weighted by molar-refractivity contribution is 6.06. The number of rotatable bonds is 8. The topological polar surface area (TPSA) is 103 Å². The fourth-order valence-electron chi connectivity index (χ4n) is 4.30. The number of methoxy groups -OCH3 is 1. The molecule has 188 valence electrons. The molecule has 1 N–H and O–H groups in total. The lowest BCUT2D eigenvalue weighted by Gasteiger charge is -2.43. The summed E-state index contributed by atoms with van der Waals surface area (Å²) in [6.07, 6.45) is 1.40. The number of fused-ring (bicyclic) bond motifs is 1. The van der Waals surface area contributed by atoms with Crippen molar-refractivity contribution in [3.8, 4) is 5.75 Å². The van der Waals surface area contributed by atoms with Crippen LogP contribution in [0.1, 0.15) is 51.5 Å². The van der Waals surface area contributed by atoms with Gasteiger partial charge in [0.1, 0.15) is 17.0 Å². The molecule has 1 aliphatic heterocycles. The van der Waals surface area contributed by atoms with Gasteiger partial charge in [-0.3, -0.25) is 9.59 Å². The van der Waals surface area contributed by atoms with Gasteiger partial charge in [0.05, 0.1) is 26.6 Å². The predicted octanol–water partition coefficient (Wildman–Crippen LogP) is 3.11. The monoisotopic (exact) mass is 490 g/mol. The lowest BCUT2D eigenvalue weighted by molar-refractivity contribution is -0.133. The molecule has 0 saturated carbocycles. The van der Waals surface area contributed by atoms with Crippen molar-refractivity contribution in [3.05, 3.63) is 82.9 Å². The quantitative estimate of drug-likeness (QED) is 0.487. The van der Waals surface area contributed by atoms with Crippen molar-refractivity contribution in [1.82, 2.24) is 19.8 Å². The lowest BCUT2D eigenvalue weighted by atomic mass is 9.93. The standard InChI is InChI=1S/C27H30N4O5/c1-5-36-21-12-10-20(11-13-21)15-31-24(32)23-22(25(33)35-4)29-17-30(23)16-27(31,3)26(34)28-14-19-8-6-18(2)7-9-19/h6-13,17H,5,14-16H2,1-4H3,(H,28,34). The second-order valence-electron chi connectivity index (χ2n) is 8.97. The maximum atomic E-state index is 13.8. The van der Waals surface area contributed by atoms with Gasteiger partial charge < -0.3 is 24.3 Å². The number of esters is 1. The Labute approximate surface area is 210 Å². The van der Waals surface area contributed by atoms with E-state index in [0.29, 0.717) is 13.2 Å². The van der Waals surface area contributed by atoms with Gasteiger partial charge in [0, 0.05) is 13.1 Å². The van der Waals surface area contributed by atoms with E-state index in [0.717, 1.165) is 22.4 Å². The summed E-state index contributed by atoms with van der Waals surface area (Å²) in [4.78, 5) is 45.3. The van der Waals surface area contributed by atoms with E-state index < -0.39 is 17.4 Å². The predicted molar refractivity (Wildman–Crippen MR) is 132 cm³/mol. The summed E-state index contributed by atoms with van der Waals surface area (Å²) >= 11 is 0. The zero-order valence-electron chi connectivity index (χ0n) is 20.9. The van der Waals surface area contributed by atoms with E-state index in [9.17, 15) is 14.4 Å². The van der Waals surface area contributed by atoms with Crippen LogP contribution in [0.5, 0.6) is 5.75 Å². The molecule has 2 amide bonds. The highest BCUT2D eigenvalue weighted by Crippen LogP contribution is 2.31. The molecule has 0 fully saturated rings. The molecule has 2 heterocycles. The van der Waals surface area contributed by atoms with Crippen molar-refractivity contribution >= 4 is 17.8 Å². The van der Waals surface area contributed by atoms with Crippen LogP contribution in [0.15, 0.2) is 54.9 Å². The average molecular weight is 491 g/mol. The van der Waals surface area contributed by atoms with Gasteiger partial charge in [0.15, 0.2) is 5.69 Å². The molecular weight excluding hydrogens is 460 g/mol. The minimum Gasteiger partial charge on any atom is -0.494 e. The SMILES string of the molecule is CCOc1ccc(CN2C(=O)c3c(C(=O)OC)ncn3CC2(C)C(=O)NCc2ccc(C)cc2)cc1. The molecule has 0 spiro atoms. The first-order valence-corrected chi connectivity index (χ1v) is 11.8. The number of carbonyl (C=O) groups excluding carboxylic acids is 3. The number of hydrogen-bond acceptors (Lipinski definition) is 6. The fourth-order valence-corrected chi connectivity index (χ4v) is 4.30. The average Bonchev–Trinajstić information content (AvgIpc) is 3.30. The largest absolute Gasteiger partial charge is 0.494 e. The maximum absolute atomic E-state index is 13.8. The van der Waals surface area contributed by atoms with E-state index in [1.165, 1.54) is 18.3 Å². The Balaban J connectivity index is 1.66. The molecule has 1 atom stereocenters. The van der Waals surface area contributed by atoms with Crippen LogP contribution in [0.25, 0.3) is 0 Å². The van der Waals surface area contributed by atoms with Crippen molar-refractivity contribution in [2.75, 3.05) is 13.7 Å². The van der Waals surface area contributed by atoms with Crippen LogP contribution < -0.4 is 10.1 Å². The molecule has 0 radical (unpaired) electrons. The molecule has 2 aromatic carbocycles. The molecule has 4 rings (SSSR count). The number of benzene rings is 2. The van der Waals surface area contributed by atoms with Crippen molar-refractivity contribution in [2.24, 2.45) is 0 Å². The minimum atomic E-state index is -1.23. The Kier molecular flexibility index (Phi) is 7.10. The molecule has 1 aliphatic rings. The van der Waals surface area contributed by atoms with Gasteiger partial charge in [-0.15, -0.1) is 0 Å². The molecule has 1 aromatic heterocycles. The Hall–Kier alpha value is -4.14. The number of aryl methyl sites for hydroxylation is 1. The van der Waals surface area contributed by atoms with Crippen LogP contribution in [-0.2, 0) is 29.2 Å².